The van der Waals surface area contributed by atoms with E-state index in [0.717, 1.165) is 32.4 Å². The number of aromatic hydroxyl groups is 1. The van der Waals surface area contributed by atoms with Gasteiger partial charge in [0, 0.05) is 18.7 Å². The molecule has 1 aliphatic heterocycles. The van der Waals surface area contributed by atoms with Crippen LogP contribution in [0.15, 0.2) is 18.2 Å². The zero-order valence-electron chi connectivity index (χ0n) is 11.8. The molecule has 1 aromatic carbocycles. The van der Waals surface area contributed by atoms with Crippen LogP contribution in [0.1, 0.15) is 29.6 Å². The van der Waals surface area contributed by atoms with E-state index in [-0.39, 0.29) is 11.7 Å². The van der Waals surface area contributed by atoms with Gasteiger partial charge >= 0.3 is 0 Å². The van der Waals surface area contributed by atoms with Gasteiger partial charge < -0.3 is 20.5 Å². The van der Waals surface area contributed by atoms with Gasteiger partial charge in [-0.3, -0.25) is 4.79 Å². The molecule has 2 rings (SSSR count). The smallest absolute Gasteiger partial charge is 0.253 e. The van der Waals surface area contributed by atoms with E-state index in [2.05, 4.69) is 0 Å². The van der Waals surface area contributed by atoms with Crippen LogP contribution in [-0.4, -0.2) is 42.7 Å². The van der Waals surface area contributed by atoms with Crippen molar-refractivity contribution in [3.05, 3.63) is 23.8 Å². The number of nitrogens with two attached hydrogens (primary N) is 1. The molecule has 1 amide bonds. The zero-order chi connectivity index (χ0) is 14.5. The quantitative estimate of drug-likeness (QED) is 0.877. The molecule has 0 atom stereocenters. The van der Waals surface area contributed by atoms with Crippen molar-refractivity contribution in [1.29, 1.82) is 0 Å². The Labute approximate surface area is 119 Å². The number of nitrogens with zero attached hydrogens (tertiary/aromatic N) is 1. The normalized spacial score (nSPS) is 16.2. The van der Waals surface area contributed by atoms with E-state index >= 15 is 0 Å². The van der Waals surface area contributed by atoms with Crippen LogP contribution < -0.4 is 10.5 Å². The van der Waals surface area contributed by atoms with Gasteiger partial charge in [0.2, 0.25) is 0 Å². The number of ether oxygens (including phenoxy) is 1. The molecule has 110 valence electrons. The van der Waals surface area contributed by atoms with Crippen molar-refractivity contribution in [1.82, 2.24) is 4.90 Å². The molecule has 0 saturated carbocycles. The van der Waals surface area contributed by atoms with Crippen molar-refractivity contribution < 1.29 is 14.6 Å². The van der Waals surface area contributed by atoms with Gasteiger partial charge in [-0.1, -0.05) is 0 Å². The number of carbonyl (C=O) groups is 1. The Morgan fingerprint density at radius 3 is 2.70 bits per heavy atom. The molecule has 0 bridgehead atoms. The molecular weight excluding hydrogens is 256 g/mol. The second kappa shape index (κ2) is 6.61. The number of benzene rings is 1. The van der Waals surface area contributed by atoms with Gasteiger partial charge in [0.15, 0.2) is 11.5 Å². The predicted octanol–water partition coefficient (Wildman–Crippen LogP) is 1.60. The van der Waals surface area contributed by atoms with E-state index in [9.17, 15) is 9.90 Å². The van der Waals surface area contributed by atoms with Crippen LogP contribution >= 0.6 is 0 Å². The number of carbonyl (C=O) groups excluding carboxylic acids is 1. The maximum absolute atomic E-state index is 12.4. The first-order valence-electron chi connectivity index (χ1n) is 7.02. The summed E-state index contributed by atoms with van der Waals surface area (Å²) in [4.78, 5) is 14.2. The van der Waals surface area contributed by atoms with Crippen LogP contribution in [-0.2, 0) is 0 Å². The van der Waals surface area contributed by atoms with E-state index in [1.54, 1.807) is 12.1 Å². The van der Waals surface area contributed by atoms with E-state index in [1.807, 2.05) is 4.90 Å². The molecule has 1 aliphatic rings. The summed E-state index contributed by atoms with van der Waals surface area (Å²) >= 11 is 0. The number of rotatable bonds is 4. The van der Waals surface area contributed by atoms with Crippen LogP contribution in [0.4, 0.5) is 0 Å². The van der Waals surface area contributed by atoms with Gasteiger partial charge in [0.25, 0.3) is 5.91 Å². The second-order valence-corrected chi connectivity index (χ2v) is 5.20. The molecule has 0 radical (unpaired) electrons. The Kier molecular flexibility index (Phi) is 4.84. The van der Waals surface area contributed by atoms with Crippen LogP contribution in [0.3, 0.4) is 0 Å². The number of amides is 1. The minimum Gasteiger partial charge on any atom is -0.504 e. The Morgan fingerprint density at radius 2 is 2.15 bits per heavy atom. The number of hydrogen-bond acceptors (Lipinski definition) is 4. The first kappa shape index (κ1) is 14.7. The largest absolute Gasteiger partial charge is 0.504 e. The molecule has 1 heterocycles. The first-order valence-corrected chi connectivity index (χ1v) is 7.02. The third-order valence-electron chi connectivity index (χ3n) is 3.90. The summed E-state index contributed by atoms with van der Waals surface area (Å²) in [5, 5.41) is 9.74. The fraction of sp³-hybridized carbons (Fsp3) is 0.533. The lowest BCUT2D eigenvalue weighted by Crippen LogP contribution is -2.38. The summed E-state index contributed by atoms with van der Waals surface area (Å²) in [5.74, 6) is 0.974. The summed E-state index contributed by atoms with van der Waals surface area (Å²) in [6.07, 6.45) is 3.04. The fourth-order valence-corrected chi connectivity index (χ4v) is 2.67. The van der Waals surface area contributed by atoms with Crippen LogP contribution in [0.5, 0.6) is 11.5 Å². The van der Waals surface area contributed by atoms with E-state index in [1.165, 1.54) is 13.2 Å². The van der Waals surface area contributed by atoms with Gasteiger partial charge in [-0.15, -0.1) is 0 Å². The molecule has 0 aliphatic carbocycles. The highest BCUT2D eigenvalue weighted by atomic mass is 16.5. The van der Waals surface area contributed by atoms with Crippen molar-refractivity contribution in [2.45, 2.75) is 19.3 Å². The maximum atomic E-state index is 12.4. The Hall–Kier alpha value is -1.75. The van der Waals surface area contributed by atoms with E-state index in [4.69, 9.17) is 10.5 Å². The lowest BCUT2D eigenvalue weighted by molar-refractivity contribution is 0.0687. The van der Waals surface area contributed by atoms with Crippen molar-refractivity contribution in [2.24, 2.45) is 11.7 Å². The Bertz CT molecular complexity index is 468. The molecule has 0 spiro atoms. The van der Waals surface area contributed by atoms with Crippen molar-refractivity contribution >= 4 is 5.91 Å². The SMILES string of the molecule is COc1ccc(C(=O)N2CCC(CCN)CC2)cc1O. The average Bonchev–Trinajstić information content (AvgIpc) is 2.47. The highest BCUT2D eigenvalue weighted by Crippen LogP contribution is 2.28. The van der Waals surface area contributed by atoms with Gasteiger partial charge in [-0.05, 0) is 49.9 Å². The van der Waals surface area contributed by atoms with Gasteiger partial charge in [-0.25, -0.2) is 0 Å². The summed E-state index contributed by atoms with van der Waals surface area (Å²) < 4.78 is 4.98. The minimum absolute atomic E-state index is 0.00336. The molecule has 0 unspecified atom stereocenters. The maximum Gasteiger partial charge on any atom is 0.253 e. The molecule has 3 N–H and O–H groups in total. The van der Waals surface area contributed by atoms with Crippen molar-refractivity contribution in [3.8, 4) is 11.5 Å². The lowest BCUT2D eigenvalue weighted by Gasteiger charge is -2.32. The molecular formula is C15H22N2O3. The second-order valence-electron chi connectivity index (χ2n) is 5.20. The average molecular weight is 278 g/mol. The topological polar surface area (TPSA) is 75.8 Å². The van der Waals surface area contributed by atoms with Crippen LogP contribution in [0.25, 0.3) is 0 Å². The molecule has 5 heteroatoms. The number of methoxy groups -OCH3 is 1. The molecule has 0 aromatic heterocycles. The number of phenolic OH excluding ortho intramolecular Hbond substituents is 1. The van der Waals surface area contributed by atoms with E-state index < -0.39 is 0 Å². The number of likely N-dealkylation sites (tertiary alicyclic amines) is 1. The molecule has 5 nitrogen and oxygen atoms in total. The third-order valence-corrected chi connectivity index (χ3v) is 3.90. The number of hydrogen-bond donors (Lipinski definition) is 2. The predicted molar refractivity (Wildman–Crippen MR) is 77.0 cm³/mol. The number of piperidine rings is 1. The monoisotopic (exact) mass is 278 g/mol. The highest BCUT2D eigenvalue weighted by molar-refractivity contribution is 5.95. The summed E-state index contributed by atoms with van der Waals surface area (Å²) in [7, 11) is 1.48. The highest BCUT2D eigenvalue weighted by Gasteiger charge is 2.23. The minimum atomic E-state index is -0.0332. The van der Waals surface area contributed by atoms with Crippen molar-refractivity contribution in [3.63, 3.8) is 0 Å². The van der Waals surface area contributed by atoms with Gasteiger partial charge in [0.05, 0.1) is 7.11 Å². The summed E-state index contributed by atoms with van der Waals surface area (Å²) in [6.45, 7) is 2.23. The lowest BCUT2D eigenvalue weighted by atomic mass is 9.93. The van der Waals surface area contributed by atoms with Crippen LogP contribution in [0, 0.1) is 5.92 Å². The fourth-order valence-electron chi connectivity index (χ4n) is 2.67. The van der Waals surface area contributed by atoms with Gasteiger partial charge in [0.1, 0.15) is 0 Å². The van der Waals surface area contributed by atoms with Crippen molar-refractivity contribution in [2.75, 3.05) is 26.7 Å². The number of phenols is 1. The summed E-state index contributed by atoms with van der Waals surface area (Å²) in [5.41, 5.74) is 6.07. The Balaban J connectivity index is 2.00. The zero-order valence-corrected chi connectivity index (χ0v) is 11.8. The van der Waals surface area contributed by atoms with E-state index in [0.29, 0.717) is 23.8 Å². The molecule has 1 fully saturated rings. The van der Waals surface area contributed by atoms with Crippen LogP contribution in [0.2, 0.25) is 0 Å². The molecule has 20 heavy (non-hydrogen) atoms. The first-order chi connectivity index (χ1) is 9.65. The molecule has 1 aromatic rings. The molecule has 1 saturated heterocycles. The van der Waals surface area contributed by atoms with Gasteiger partial charge in [-0.2, -0.15) is 0 Å². The third kappa shape index (κ3) is 3.22. The standard InChI is InChI=1S/C15H22N2O3/c1-20-14-3-2-12(10-13(14)18)15(19)17-8-5-11(4-7-16)6-9-17/h2-3,10-11,18H,4-9,16H2,1H3. The Morgan fingerprint density at radius 1 is 1.45 bits per heavy atom. The summed E-state index contributed by atoms with van der Waals surface area (Å²) in [6, 6.07) is 4.77.